The minimum absolute atomic E-state index is 0.232. The highest BCUT2D eigenvalue weighted by Crippen LogP contribution is 2.15. The van der Waals surface area contributed by atoms with Crippen molar-refractivity contribution in [1.82, 2.24) is 4.98 Å². The first-order valence-corrected chi connectivity index (χ1v) is 6.60. The third-order valence-electron chi connectivity index (χ3n) is 2.89. The molecule has 2 rings (SSSR count). The Labute approximate surface area is 113 Å². The zero-order valence-corrected chi connectivity index (χ0v) is 11.2. The highest BCUT2D eigenvalue weighted by atomic mass is 35.5. The zero-order valence-electron chi connectivity index (χ0n) is 10.4. The van der Waals surface area contributed by atoms with Crippen LogP contribution in [0.2, 0.25) is 0 Å². The number of rotatable bonds is 5. The van der Waals surface area contributed by atoms with Gasteiger partial charge < -0.3 is 5.32 Å². The summed E-state index contributed by atoms with van der Waals surface area (Å²) in [5, 5.41) is 3.47. The Morgan fingerprint density at radius 1 is 1.22 bits per heavy atom. The molecule has 0 aliphatic rings. The van der Waals surface area contributed by atoms with Crippen molar-refractivity contribution >= 4 is 17.3 Å². The Morgan fingerprint density at radius 2 is 2.00 bits per heavy atom. The number of benzene rings is 1. The molecule has 94 valence electrons. The second kappa shape index (κ2) is 6.41. The van der Waals surface area contributed by atoms with Gasteiger partial charge in [0.15, 0.2) is 0 Å². The lowest BCUT2D eigenvalue weighted by molar-refractivity contribution is 0.795. The number of hydrogen-bond donors (Lipinski definition) is 1. The summed E-state index contributed by atoms with van der Waals surface area (Å²) in [5.74, 6) is 0.580. The van der Waals surface area contributed by atoms with Gasteiger partial charge in [0.05, 0.1) is 0 Å². The first kappa shape index (κ1) is 12.9. The maximum absolute atomic E-state index is 6.04. The SMILES string of the molecule is Cc1cnccc1NC(CCl)Cc1ccccc1. The van der Waals surface area contributed by atoms with Crippen LogP contribution in [0.1, 0.15) is 11.1 Å². The number of pyridine rings is 1. The van der Waals surface area contributed by atoms with Crippen LogP contribution in [0, 0.1) is 6.92 Å². The maximum Gasteiger partial charge on any atom is 0.0437 e. The number of hydrogen-bond acceptors (Lipinski definition) is 2. The van der Waals surface area contributed by atoms with Crippen LogP contribution in [0.3, 0.4) is 0 Å². The molecule has 1 aromatic heterocycles. The van der Waals surface area contributed by atoms with Crippen LogP contribution in [-0.2, 0) is 6.42 Å². The molecule has 1 heterocycles. The first-order valence-electron chi connectivity index (χ1n) is 6.06. The molecule has 1 aromatic carbocycles. The Balaban J connectivity index is 2.04. The number of alkyl halides is 1. The summed E-state index contributed by atoms with van der Waals surface area (Å²) in [5.41, 5.74) is 3.54. The van der Waals surface area contributed by atoms with Crippen molar-refractivity contribution in [1.29, 1.82) is 0 Å². The lowest BCUT2D eigenvalue weighted by Gasteiger charge is -2.18. The summed E-state index contributed by atoms with van der Waals surface area (Å²) in [6.07, 6.45) is 4.57. The molecule has 0 aliphatic carbocycles. The molecule has 18 heavy (non-hydrogen) atoms. The van der Waals surface area contributed by atoms with E-state index in [-0.39, 0.29) is 6.04 Å². The van der Waals surface area contributed by atoms with Gasteiger partial charge in [-0.1, -0.05) is 30.3 Å². The summed E-state index contributed by atoms with van der Waals surface area (Å²) in [7, 11) is 0. The van der Waals surface area contributed by atoms with E-state index in [9.17, 15) is 0 Å². The van der Waals surface area contributed by atoms with Crippen molar-refractivity contribution in [3.63, 3.8) is 0 Å². The van der Waals surface area contributed by atoms with Crippen molar-refractivity contribution in [3.05, 3.63) is 59.9 Å². The minimum Gasteiger partial charge on any atom is -0.380 e. The van der Waals surface area contributed by atoms with E-state index < -0.39 is 0 Å². The largest absolute Gasteiger partial charge is 0.380 e. The van der Waals surface area contributed by atoms with Crippen LogP contribution in [-0.4, -0.2) is 16.9 Å². The number of anilines is 1. The molecular formula is C15H17ClN2. The molecule has 1 unspecified atom stereocenters. The van der Waals surface area contributed by atoms with E-state index in [1.807, 2.05) is 25.3 Å². The van der Waals surface area contributed by atoms with Gasteiger partial charge in [0, 0.05) is 30.0 Å². The smallest absolute Gasteiger partial charge is 0.0437 e. The first-order chi connectivity index (χ1) is 8.79. The van der Waals surface area contributed by atoms with Crippen LogP contribution >= 0.6 is 11.6 Å². The zero-order chi connectivity index (χ0) is 12.8. The molecule has 0 spiro atoms. The monoisotopic (exact) mass is 260 g/mol. The summed E-state index contributed by atoms with van der Waals surface area (Å²) >= 11 is 6.04. The quantitative estimate of drug-likeness (QED) is 0.830. The van der Waals surface area contributed by atoms with Crippen LogP contribution in [0.15, 0.2) is 48.8 Å². The molecule has 2 aromatic rings. The fourth-order valence-corrected chi connectivity index (χ4v) is 2.08. The van der Waals surface area contributed by atoms with E-state index >= 15 is 0 Å². The molecule has 0 amide bonds. The minimum atomic E-state index is 0.232. The van der Waals surface area contributed by atoms with Gasteiger partial charge in [-0.2, -0.15) is 0 Å². The van der Waals surface area contributed by atoms with Crippen molar-refractivity contribution < 1.29 is 0 Å². The molecule has 3 heteroatoms. The van der Waals surface area contributed by atoms with Crippen LogP contribution in [0.5, 0.6) is 0 Å². The van der Waals surface area contributed by atoms with Gasteiger partial charge >= 0.3 is 0 Å². The average molecular weight is 261 g/mol. The maximum atomic E-state index is 6.04. The van der Waals surface area contributed by atoms with E-state index in [0.29, 0.717) is 5.88 Å². The van der Waals surface area contributed by atoms with Crippen molar-refractivity contribution in [3.8, 4) is 0 Å². The van der Waals surface area contributed by atoms with Gasteiger partial charge in [-0.25, -0.2) is 0 Å². The second-order valence-electron chi connectivity index (χ2n) is 4.38. The summed E-state index contributed by atoms with van der Waals surface area (Å²) in [6, 6.07) is 12.6. The molecule has 0 saturated heterocycles. The van der Waals surface area contributed by atoms with Gasteiger partial charge in [0.1, 0.15) is 0 Å². The topological polar surface area (TPSA) is 24.9 Å². The van der Waals surface area contributed by atoms with E-state index in [1.54, 1.807) is 6.20 Å². The number of nitrogens with one attached hydrogen (secondary N) is 1. The third kappa shape index (κ3) is 3.47. The molecule has 1 atom stereocenters. The molecule has 0 bridgehead atoms. The predicted octanol–water partition coefficient (Wildman–Crippen LogP) is 3.65. The Bertz CT molecular complexity index is 485. The molecular weight excluding hydrogens is 244 g/mol. The van der Waals surface area contributed by atoms with E-state index in [0.717, 1.165) is 17.7 Å². The van der Waals surface area contributed by atoms with Gasteiger partial charge in [0.2, 0.25) is 0 Å². The van der Waals surface area contributed by atoms with Gasteiger partial charge in [-0.05, 0) is 30.5 Å². The number of aromatic nitrogens is 1. The molecule has 0 radical (unpaired) electrons. The second-order valence-corrected chi connectivity index (χ2v) is 4.68. The Hall–Kier alpha value is -1.54. The lowest BCUT2D eigenvalue weighted by Crippen LogP contribution is -2.24. The standard InChI is InChI=1S/C15H17ClN2/c1-12-11-17-8-7-15(12)18-14(10-16)9-13-5-3-2-4-6-13/h2-8,11,14H,9-10H2,1H3,(H,17,18). The fraction of sp³-hybridized carbons (Fsp3) is 0.267. The van der Waals surface area contributed by atoms with E-state index in [2.05, 4.69) is 34.6 Å². The summed E-state index contributed by atoms with van der Waals surface area (Å²) in [6.45, 7) is 2.04. The number of aryl methyl sites for hydroxylation is 1. The summed E-state index contributed by atoms with van der Waals surface area (Å²) < 4.78 is 0. The molecule has 0 saturated carbocycles. The van der Waals surface area contributed by atoms with Crippen LogP contribution in [0.4, 0.5) is 5.69 Å². The average Bonchev–Trinajstić information content (AvgIpc) is 2.41. The lowest BCUT2D eigenvalue weighted by atomic mass is 10.1. The molecule has 1 N–H and O–H groups in total. The highest BCUT2D eigenvalue weighted by molar-refractivity contribution is 6.18. The van der Waals surface area contributed by atoms with E-state index in [1.165, 1.54) is 5.56 Å². The van der Waals surface area contributed by atoms with Crippen molar-refractivity contribution in [2.75, 3.05) is 11.2 Å². The van der Waals surface area contributed by atoms with Crippen molar-refractivity contribution in [2.45, 2.75) is 19.4 Å². The fourth-order valence-electron chi connectivity index (χ4n) is 1.90. The van der Waals surface area contributed by atoms with Crippen LogP contribution in [0.25, 0.3) is 0 Å². The number of nitrogens with zero attached hydrogens (tertiary/aromatic N) is 1. The van der Waals surface area contributed by atoms with Gasteiger partial charge in [0.25, 0.3) is 0 Å². The third-order valence-corrected chi connectivity index (χ3v) is 3.26. The highest BCUT2D eigenvalue weighted by Gasteiger charge is 2.09. The van der Waals surface area contributed by atoms with Crippen molar-refractivity contribution in [2.24, 2.45) is 0 Å². The van der Waals surface area contributed by atoms with Gasteiger partial charge in [-0.3, -0.25) is 4.98 Å². The normalized spacial score (nSPS) is 12.1. The number of halogens is 1. The van der Waals surface area contributed by atoms with Gasteiger partial charge in [-0.15, -0.1) is 11.6 Å². The Morgan fingerprint density at radius 3 is 2.67 bits per heavy atom. The predicted molar refractivity (Wildman–Crippen MR) is 77.3 cm³/mol. The summed E-state index contributed by atoms with van der Waals surface area (Å²) in [4.78, 5) is 4.09. The molecule has 0 fully saturated rings. The molecule has 2 nitrogen and oxygen atoms in total. The molecule has 0 aliphatic heterocycles. The Kier molecular flexibility index (Phi) is 4.59. The van der Waals surface area contributed by atoms with Crippen LogP contribution < -0.4 is 5.32 Å². The van der Waals surface area contributed by atoms with E-state index in [4.69, 9.17) is 11.6 Å².